The quantitative estimate of drug-likeness (QED) is 0.909. The first-order chi connectivity index (χ1) is 8.69. The third kappa shape index (κ3) is 3.59. The summed E-state index contributed by atoms with van der Waals surface area (Å²) in [6.45, 7) is 3.02. The van der Waals surface area contributed by atoms with E-state index in [9.17, 15) is 0 Å². The van der Waals surface area contributed by atoms with E-state index < -0.39 is 0 Å². The van der Waals surface area contributed by atoms with Crippen molar-refractivity contribution in [2.24, 2.45) is 5.92 Å². The first-order valence-corrected chi connectivity index (χ1v) is 7.02. The van der Waals surface area contributed by atoms with E-state index in [2.05, 4.69) is 17.2 Å². The van der Waals surface area contributed by atoms with Crippen LogP contribution in [0.5, 0.6) is 5.88 Å². The Bertz CT molecular complexity index is 397. The molecule has 4 heteroatoms. The number of pyridine rings is 1. The Morgan fingerprint density at radius 1 is 1.50 bits per heavy atom. The van der Waals surface area contributed by atoms with E-state index in [0.717, 1.165) is 30.9 Å². The van der Waals surface area contributed by atoms with Gasteiger partial charge in [0, 0.05) is 18.8 Å². The monoisotopic (exact) mass is 268 g/mol. The fraction of sp³-hybridized carbons (Fsp3) is 0.643. The van der Waals surface area contributed by atoms with E-state index >= 15 is 0 Å². The second-order valence-corrected chi connectivity index (χ2v) is 5.56. The van der Waals surface area contributed by atoms with Crippen LogP contribution in [0.4, 0.5) is 0 Å². The van der Waals surface area contributed by atoms with Gasteiger partial charge in [-0.15, -0.1) is 0 Å². The zero-order valence-corrected chi connectivity index (χ0v) is 11.8. The molecule has 1 fully saturated rings. The highest BCUT2D eigenvalue weighted by Gasteiger charge is 2.20. The van der Waals surface area contributed by atoms with E-state index in [1.807, 2.05) is 13.1 Å². The van der Waals surface area contributed by atoms with Crippen molar-refractivity contribution in [3.63, 3.8) is 0 Å². The minimum absolute atomic E-state index is 0.310. The number of halogens is 1. The maximum absolute atomic E-state index is 6.08. The van der Waals surface area contributed by atoms with Crippen LogP contribution in [-0.2, 0) is 6.54 Å². The molecule has 1 N–H and O–H groups in total. The number of rotatable bonds is 4. The van der Waals surface area contributed by atoms with Gasteiger partial charge in [-0.1, -0.05) is 24.9 Å². The van der Waals surface area contributed by atoms with Crippen LogP contribution in [0.15, 0.2) is 12.3 Å². The van der Waals surface area contributed by atoms with Crippen LogP contribution < -0.4 is 10.1 Å². The average molecular weight is 269 g/mol. The van der Waals surface area contributed by atoms with Gasteiger partial charge in [-0.2, -0.15) is 0 Å². The van der Waals surface area contributed by atoms with Gasteiger partial charge in [0.15, 0.2) is 0 Å². The molecule has 0 saturated heterocycles. The van der Waals surface area contributed by atoms with Gasteiger partial charge in [-0.25, -0.2) is 4.98 Å². The third-order valence-electron chi connectivity index (χ3n) is 3.45. The van der Waals surface area contributed by atoms with E-state index in [1.54, 1.807) is 6.20 Å². The van der Waals surface area contributed by atoms with Crippen LogP contribution in [0.25, 0.3) is 0 Å². The number of ether oxygens (including phenoxy) is 1. The molecular weight excluding hydrogens is 248 g/mol. The van der Waals surface area contributed by atoms with E-state index in [1.165, 1.54) is 12.8 Å². The van der Waals surface area contributed by atoms with Gasteiger partial charge in [-0.05, 0) is 37.8 Å². The summed E-state index contributed by atoms with van der Waals surface area (Å²) in [5.74, 6) is 1.46. The summed E-state index contributed by atoms with van der Waals surface area (Å²) in [7, 11) is 1.90. The Kier molecular flexibility index (Phi) is 4.84. The summed E-state index contributed by atoms with van der Waals surface area (Å²) < 4.78 is 5.97. The van der Waals surface area contributed by atoms with Gasteiger partial charge < -0.3 is 10.1 Å². The second-order valence-electron chi connectivity index (χ2n) is 5.16. The molecule has 2 rings (SSSR count). The van der Waals surface area contributed by atoms with Gasteiger partial charge in [-0.3, -0.25) is 0 Å². The van der Waals surface area contributed by atoms with Crippen molar-refractivity contribution in [2.45, 2.75) is 45.3 Å². The van der Waals surface area contributed by atoms with Crippen molar-refractivity contribution < 1.29 is 4.74 Å². The molecule has 2 unspecified atom stereocenters. The van der Waals surface area contributed by atoms with Crippen molar-refractivity contribution in [2.75, 3.05) is 7.05 Å². The summed E-state index contributed by atoms with van der Waals surface area (Å²) >= 11 is 6.08. The highest BCUT2D eigenvalue weighted by atomic mass is 35.5. The van der Waals surface area contributed by atoms with Crippen LogP contribution in [0.2, 0.25) is 5.02 Å². The number of aromatic nitrogens is 1. The maximum atomic E-state index is 6.08. The van der Waals surface area contributed by atoms with Crippen LogP contribution >= 0.6 is 11.6 Å². The Balaban J connectivity index is 2.02. The molecule has 3 nitrogen and oxygen atoms in total. The molecular formula is C14H21ClN2O. The SMILES string of the molecule is CNCc1cc(OC2CCCC(C)C2)ncc1Cl. The van der Waals surface area contributed by atoms with Gasteiger partial charge in [0.25, 0.3) is 0 Å². The van der Waals surface area contributed by atoms with Crippen LogP contribution in [0.3, 0.4) is 0 Å². The minimum Gasteiger partial charge on any atom is -0.474 e. The third-order valence-corrected chi connectivity index (χ3v) is 3.79. The average Bonchev–Trinajstić information content (AvgIpc) is 2.34. The molecule has 1 aromatic rings. The van der Waals surface area contributed by atoms with Crippen molar-refractivity contribution in [1.82, 2.24) is 10.3 Å². The van der Waals surface area contributed by atoms with Crippen LogP contribution in [0, 0.1) is 5.92 Å². The minimum atomic E-state index is 0.310. The molecule has 1 aromatic heterocycles. The molecule has 1 aliphatic rings. The molecule has 2 atom stereocenters. The molecule has 0 bridgehead atoms. The number of nitrogens with one attached hydrogen (secondary N) is 1. The predicted octanol–water partition coefficient (Wildman–Crippen LogP) is 3.41. The Labute approximate surface area is 114 Å². The van der Waals surface area contributed by atoms with Gasteiger partial charge in [0.2, 0.25) is 5.88 Å². The van der Waals surface area contributed by atoms with Crippen LogP contribution in [0.1, 0.15) is 38.2 Å². The molecule has 0 amide bonds. The summed E-state index contributed by atoms with van der Waals surface area (Å²) in [5.41, 5.74) is 1.04. The van der Waals surface area contributed by atoms with Crippen molar-refractivity contribution in [3.8, 4) is 5.88 Å². The zero-order valence-electron chi connectivity index (χ0n) is 11.1. The lowest BCUT2D eigenvalue weighted by molar-refractivity contribution is 0.124. The predicted molar refractivity (Wildman–Crippen MR) is 74.1 cm³/mol. The van der Waals surface area contributed by atoms with Crippen molar-refractivity contribution >= 4 is 11.6 Å². The maximum Gasteiger partial charge on any atom is 0.213 e. The molecule has 100 valence electrons. The first kappa shape index (κ1) is 13.6. The number of hydrogen-bond donors (Lipinski definition) is 1. The molecule has 1 aliphatic carbocycles. The number of nitrogens with zero attached hydrogens (tertiary/aromatic N) is 1. The van der Waals surface area contributed by atoms with Crippen LogP contribution in [-0.4, -0.2) is 18.1 Å². The fourth-order valence-electron chi connectivity index (χ4n) is 2.51. The molecule has 1 saturated carbocycles. The highest BCUT2D eigenvalue weighted by Crippen LogP contribution is 2.27. The summed E-state index contributed by atoms with van der Waals surface area (Å²) in [6, 6.07) is 1.94. The lowest BCUT2D eigenvalue weighted by Gasteiger charge is -2.27. The number of hydrogen-bond acceptors (Lipinski definition) is 3. The van der Waals surface area contributed by atoms with Crippen molar-refractivity contribution in [1.29, 1.82) is 0 Å². The Morgan fingerprint density at radius 3 is 3.06 bits per heavy atom. The summed E-state index contributed by atoms with van der Waals surface area (Å²) in [5, 5.41) is 3.78. The van der Waals surface area contributed by atoms with Crippen molar-refractivity contribution in [3.05, 3.63) is 22.8 Å². The highest BCUT2D eigenvalue weighted by molar-refractivity contribution is 6.31. The molecule has 18 heavy (non-hydrogen) atoms. The van der Waals surface area contributed by atoms with Gasteiger partial charge in [0.1, 0.15) is 6.10 Å². The molecule has 0 radical (unpaired) electrons. The first-order valence-electron chi connectivity index (χ1n) is 6.64. The molecule has 0 aliphatic heterocycles. The Morgan fingerprint density at radius 2 is 2.33 bits per heavy atom. The van der Waals surface area contributed by atoms with E-state index in [0.29, 0.717) is 17.0 Å². The topological polar surface area (TPSA) is 34.1 Å². The fourth-order valence-corrected chi connectivity index (χ4v) is 2.68. The lowest BCUT2D eigenvalue weighted by atomic mass is 9.89. The van der Waals surface area contributed by atoms with Gasteiger partial charge >= 0.3 is 0 Å². The van der Waals surface area contributed by atoms with E-state index in [-0.39, 0.29) is 0 Å². The second kappa shape index (κ2) is 6.39. The smallest absolute Gasteiger partial charge is 0.213 e. The zero-order chi connectivity index (χ0) is 13.0. The Hall–Kier alpha value is -0.800. The standard InChI is InChI=1S/C14H21ClN2O/c1-10-4-3-5-12(6-10)18-14-7-11(8-16-2)13(15)9-17-14/h7,9-10,12,16H,3-6,8H2,1-2H3. The van der Waals surface area contributed by atoms with Gasteiger partial charge in [0.05, 0.1) is 5.02 Å². The lowest BCUT2D eigenvalue weighted by Crippen LogP contribution is -2.24. The van der Waals surface area contributed by atoms with E-state index in [4.69, 9.17) is 16.3 Å². The molecule has 0 aromatic carbocycles. The summed E-state index contributed by atoms with van der Waals surface area (Å²) in [6.07, 6.45) is 6.82. The largest absolute Gasteiger partial charge is 0.474 e. The normalized spacial score (nSPS) is 23.9. The molecule has 0 spiro atoms. The summed E-state index contributed by atoms with van der Waals surface area (Å²) in [4.78, 5) is 4.26. The molecule has 1 heterocycles.